The zero-order valence-corrected chi connectivity index (χ0v) is 11.2. The fourth-order valence-corrected chi connectivity index (χ4v) is 2.21. The van der Waals surface area contributed by atoms with Gasteiger partial charge < -0.3 is 5.11 Å². The first-order valence-corrected chi connectivity index (χ1v) is 6.50. The average Bonchev–Trinajstić information content (AvgIpc) is 2.62. The molecule has 98 valence electrons. The summed E-state index contributed by atoms with van der Waals surface area (Å²) in [5, 5.41) is 10.1. The van der Waals surface area contributed by atoms with Crippen molar-refractivity contribution < 1.29 is 5.11 Å². The first-order valence-electron chi connectivity index (χ1n) is 6.12. The molecule has 20 heavy (non-hydrogen) atoms. The van der Waals surface area contributed by atoms with Gasteiger partial charge in [-0.1, -0.05) is 48.0 Å². The van der Waals surface area contributed by atoms with Gasteiger partial charge in [-0.2, -0.15) is 0 Å². The normalized spacial score (nSPS) is 11.2. The molecule has 0 bridgehead atoms. The number of hydrogen-bond acceptors (Lipinski definition) is 3. The number of rotatable bonds is 2. The van der Waals surface area contributed by atoms with Gasteiger partial charge in [-0.3, -0.25) is 4.99 Å². The molecule has 1 aromatic carbocycles. The van der Waals surface area contributed by atoms with E-state index in [0.717, 1.165) is 16.8 Å². The molecule has 3 rings (SSSR count). The molecule has 0 atom stereocenters. The molecule has 1 N–H and O–H groups in total. The Labute approximate surface area is 121 Å². The van der Waals surface area contributed by atoms with Crippen LogP contribution < -0.4 is 0 Å². The van der Waals surface area contributed by atoms with Crippen molar-refractivity contribution in [2.75, 3.05) is 0 Å². The molecule has 0 aromatic heterocycles. The summed E-state index contributed by atoms with van der Waals surface area (Å²) in [6, 6.07) is 16.5. The summed E-state index contributed by atoms with van der Waals surface area (Å²) in [6.07, 6.45) is 1.63. The van der Waals surface area contributed by atoms with Gasteiger partial charge in [0.15, 0.2) is 0 Å². The Morgan fingerprint density at radius 3 is 2.60 bits per heavy atom. The fraction of sp³-hybridized carbons (Fsp3) is 0. The van der Waals surface area contributed by atoms with Crippen LogP contribution in [0, 0.1) is 0 Å². The third-order valence-corrected chi connectivity index (χ3v) is 3.25. The van der Waals surface area contributed by atoms with Crippen LogP contribution in [0.4, 0.5) is 5.69 Å². The van der Waals surface area contributed by atoms with Crippen LogP contribution in [-0.2, 0) is 0 Å². The Bertz CT molecular complexity index is 755. The molecule has 3 nitrogen and oxygen atoms in total. The number of benzene rings is 1. The van der Waals surface area contributed by atoms with E-state index in [2.05, 4.69) is 9.98 Å². The Morgan fingerprint density at radius 1 is 1.00 bits per heavy atom. The van der Waals surface area contributed by atoms with Crippen molar-refractivity contribution in [1.82, 2.24) is 4.98 Å². The maximum atomic E-state index is 9.70. The predicted molar refractivity (Wildman–Crippen MR) is 81.2 cm³/mol. The van der Waals surface area contributed by atoms with Crippen molar-refractivity contribution in [2.45, 2.75) is 0 Å². The Morgan fingerprint density at radius 2 is 1.75 bits per heavy atom. The van der Waals surface area contributed by atoms with Crippen LogP contribution in [0.3, 0.4) is 0 Å². The zero-order valence-electron chi connectivity index (χ0n) is 10.5. The molecule has 0 saturated heterocycles. The molecular formula is C16H11ClN2O. The number of hydrogen-bond donors (Lipinski definition) is 1. The average molecular weight is 283 g/mol. The Hall–Kier alpha value is -2.39. The highest BCUT2D eigenvalue weighted by Crippen LogP contribution is 2.31. The summed E-state index contributed by atoms with van der Waals surface area (Å²) in [4.78, 5) is 8.58. The molecule has 4 heteroatoms. The lowest BCUT2D eigenvalue weighted by molar-refractivity contribution is 0.477. The largest absolute Gasteiger partial charge is 0.506 e. The SMILES string of the molecule is Oc1ccccc1N=Cc1c2cccccc-2nc1Cl. The van der Waals surface area contributed by atoms with Crippen LogP contribution in [0.25, 0.3) is 11.3 Å². The molecule has 0 radical (unpaired) electrons. The summed E-state index contributed by atoms with van der Waals surface area (Å²) in [6.45, 7) is 0. The summed E-state index contributed by atoms with van der Waals surface area (Å²) >= 11 is 6.15. The summed E-state index contributed by atoms with van der Waals surface area (Å²) in [7, 11) is 0. The van der Waals surface area contributed by atoms with Gasteiger partial charge in [-0.15, -0.1) is 0 Å². The topological polar surface area (TPSA) is 45.5 Å². The second-order valence-electron chi connectivity index (χ2n) is 4.27. The van der Waals surface area contributed by atoms with Gasteiger partial charge in [0.25, 0.3) is 0 Å². The summed E-state index contributed by atoms with van der Waals surface area (Å²) in [5.74, 6) is 0.134. The smallest absolute Gasteiger partial charge is 0.141 e. The quantitative estimate of drug-likeness (QED) is 0.713. The monoisotopic (exact) mass is 282 g/mol. The van der Waals surface area contributed by atoms with Gasteiger partial charge in [0.1, 0.15) is 16.6 Å². The van der Waals surface area contributed by atoms with E-state index in [9.17, 15) is 5.11 Å². The fourth-order valence-electron chi connectivity index (χ4n) is 1.97. The van der Waals surface area contributed by atoms with E-state index in [4.69, 9.17) is 11.6 Å². The van der Waals surface area contributed by atoms with Crippen LogP contribution >= 0.6 is 11.6 Å². The van der Waals surface area contributed by atoms with E-state index in [0.29, 0.717) is 10.8 Å². The lowest BCUT2D eigenvalue weighted by Gasteiger charge is -1.97. The van der Waals surface area contributed by atoms with Crippen LogP contribution in [0.1, 0.15) is 5.56 Å². The van der Waals surface area contributed by atoms with Crippen LogP contribution in [0.15, 0.2) is 59.6 Å². The maximum absolute atomic E-state index is 9.70. The second-order valence-corrected chi connectivity index (χ2v) is 4.63. The molecule has 0 unspecified atom stereocenters. The highest BCUT2D eigenvalue weighted by atomic mass is 35.5. The molecule has 0 amide bonds. The van der Waals surface area contributed by atoms with Crippen molar-refractivity contribution in [1.29, 1.82) is 0 Å². The third-order valence-electron chi connectivity index (χ3n) is 2.96. The minimum atomic E-state index is 0.134. The minimum absolute atomic E-state index is 0.134. The molecule has 1 aromatic rings. The number of para-hydroxylation sites is 2. The number of fused-ring (bicyclic) bond motifs is 1. The van der Waals surface area contributed by atoms with Gasteiger partial charge >= 0.3 is 0 Å². The maximum Gasteiger partial charge on any atom is 0.141 e. The van der Waals surface area contributed by atoms with Crippen molar-refractivity contribution in [3.63, 3.8) is 0 Å². The Balaban J connectivity index is 2.05. The summed E-state index contributed by atoms with van der Waals surface area (Å²) < 4.78 is 0. The van der Waals surface area contributed by atoms with E-state index in [1.807, 2.05) is 36.4 Å². The standard InChI is InChI=1S/C16H11ClN2O/c17-16-12(10-18-14-8-4-5-9-15(14)20)11-6-2-1-3-7-13(11)19-16/h1-10,20H. The van der Waals surface area contributed by atoms with E-state index in [1.165, 1.54) is 0 Å². The van der Waals surface area contributed by atoms with E-state index in [-0.39, 0.29) is 5.75 Å². The number of phenolic OH excluding ortho intramolecular Hbond substituents is 1. The van der Waals surface area contributed by atoms with Gasteiger partial charge in [0.2, 0.25) is 0 Å². The van der Waals surface area contributed by atoms with E-state index in [1.54, 1.807) is 24.4 Å². The van der Waals surface area contributed by atoms with Gasteiger partial charge in [-0.25, -0.2) is 4.98 Å². The van der Waals surface area contributed by atoms with Crippen molar-refractivity contribution in [3.8, 4) is 17.0 Å². The number of nitrogens with zero attached hydrogens (tertiary/aromatic N) is 2. The molecule has 1 heterocycles. The van der Waals surface area contributed by atoms with Crippen LogP contribution in [0.5, 0.6) is 5.75 Å². The van der Waals surface area contributed by atoms with Crippen LogP contribution in [0.2, 0.25) is 5.15 Å². The van der Waals surface area contributed by atoms with Gasteiger partial charge in [0.05, 0.1) is 5.69 Å². The first-order chi connectivity index (χ1) is 9.75. The van der Waals surface area contributed by atoms with Gasteiger partial charge in [-0.05, 0) is 18.2 Å². The molecule has 2 aliphatic rings. The number of halogens is 1. The zero-order chi connectivity index (χ0) is 13.9. The second kappa shape index (κ2) is 5.31. The van der Waals surface area contributed by atoms with Crippen LogP contribution in [-0.4, -0.2) is 16.3 Å². The highest BCUT2D eigenvalue weighted by Gasteiger charge is 2.13. The highest BCUT2D eigenvalue weighted by molar-refractivity contribution is 6.33. The third kappa shape index (κ3) is 2.36. The van der Waals surface area contributed by atoms with Crippen molar-refractivity contribution in [2.24, 2.45) is 4.99 Å². The molecule has 0 spiro atoms. The molecule has 0 fully saturated rings. The predicted octanol–water partition coefficient (Wildman–Crippen LogP) is 4.30. The number of aromatic nitrogens is 1. The summed E-state index contributed by atoms with van der Waals surface area (Å²) in [5.41, 5.74) is 3.00. The lowest BCUT2D eigenvalue weighted by atomic mass is 10.1. The molecular weight excluding hydrogens is 272 g/mol. The van der Waals surface area contributed by atoms with Gasteiger partial charge in [0, 0.05) is 17.3 Å². The number of aliphatic imine (C=N–C) groups is 1. The van der Waals surface area contributed by atoms with E-state index >= 15 is 0 Å². The first kappa shape index (κ1) is 12.6. The minimum Gasteiger partial charge on any atom is -0.506 e. The molecule has 1 aliphatic heterocycles. The lowest BCUT2D eigenvalue weighted by Crippen LogP contribution is -1.80. The van der Waals surface area contributed by atoms with Crippen molar-refractivity contribution >= 4 is 23.5 Å². The molecule has 0 saturated carbocycles. The van der Waals surface area contributed by atoms with Crippen molar-refractivity contribution in [3.05, 3.63) is 65.3 Å². The number of phenols is 1. The Kier molecular flexibility index (Phi) is 3.35. The number of aromatic hydroxyl groups is 1. The molecule has 1 aliphatic carbocycles. The van der Waals surface area contributed by atoms with E-state index < -0.39 is 0 Å².